The molecule has 8 heteroatoms. The van der Waals surface area contributed by atoms with Gasteiger partial charge in [-0.15, -0.1) is 0 Å². The predicted molar refractivity (Wildman–Crippen MR) is 112 cm³/mol. The summed E-state index contributed by atoms with van der Waals surface area (Å²) in [5.41, 5.74) is 1.74. The highest BCUT2D eigenvalue weighted by molar-refractivity contribution is 5.65. The third-order valence-electron chi connectivity index (χ3n) is 4.23. The highest BCUT2D eigenvalue weighted by atomic mass is 16.5. The van der Waals surface area contributed by atoms with Gasteiger partial charge < -0.3 is 29.6 Å². The molecule has 3 rings (SSSR count). The van der Waals surface area contributed by atoms with Gasteiger partial charge in [-0.1, -0.05) is 6.07 Å². The van der Waals surface area contributed by atoms with Gasteiger partial charge in [-0.3, -0.25) is 0 Å². The lowest BCUT2D eigenvalue weighted by Crippen LogP contribution is -2.05. The fourth-order valence-electron chi connectivity index (χ4n) is 2.73. The van der Waals surface area contributed by atoms with Crippen LogP contribution in [0.2, 0.25) is 0 Å². The molecule has 2 aromatic carbocycles. The molecule has 0 unspecified atom stereocenters. The van der Waals surface area contributed by atoms with Crippen LogP contribution in [0.4, 0.5) is 17.5 Å². The Morgan fingerprint density at radius 3 is 2.28 bits per heavy atom. The molecule has 0 aliphatic heterocycles. The molecule has 29 heavy (non-hydrogen) atoms. The molecule has 1 aromatic heterocycles. The summed E-state index contributed by atoms with van der Waals surface area (Å²) >= 11 is 0. The summed E-state index contributed by atoms with van der Waals surface area (Å²) in [7, 11) is 6.45. The Balaban J connectivity index is 1.72. The standard InChI is InChI=1S/C21H24N4O4/c1-26-15-6-8-17(27-2)16(12-15)24-21-22-10-9-20(25-21)23-13-14-5-7-18(28-3)19(11-14)29-4/h5-12H,13H2,1-4H3,(H2,22,23,24,25). The summed E-state index contributed by atoms with van der Waals surface area (Å²) in [5, 5.41) is 6.45. The average molecular weight is 396 g/mol. The van der Waals surface area contributed by atoms with Gasteiger partial charge in [-0.05, 0) is 35.9 Å². The van der Waals surface area contributed by atoms with Crippen molar-refractivity contribution in [2.45, 2.75) is 6.54 Å². The topological polar surface area (TPSA) is 86.8 Å². The molecule has 0 aliphatic rings. The van der Waals surface area contributed by atoms with Crippen LogP contribution in [0, 0.1) is 0 Å². The number of ether oxygens (including phenoxy) is 4. The van der Waals surface area contributed by atoms with Crippen LogP contribution in [0.5, 0.6) is 23.0 Å². The van der Waals surface area contributed by atoms with Gasteiger partial charge in [0.05, 0.1) is 34.1 Å². The first-order valence-corrected chi connectivity index (χ1v) is 8.93. The minimum absolute atomic E-state index is 0.439. The minimum atomic E-state index is 0.439. The summed E-state index contributed by atoms with van der Waals surface area (Å²) < 4.78 is 21.3. The zero-order valence-electron chi connectivity index (χ0n) is 16.9. The molecule has 0 saturated carbocycles. The van der Waals surface area contributed by atoms with Crippen LogP contribution in [-0.4, -0.2) is 38.4 Å². The number of hydrogen-bond donors (Lipinski definition) is 2. The molecule has 0 fully saturated rings. The number of rotatable bonds is 9. The van der Waals surface area contributed by atoms with Gasteiger partial charge in [0.15, 0.2) is 11.5 Å². The molecule has 0 saturated heterocycles. The van der Waals surface area contributed by atoms with Gasteiger partial charge in [0.1, 0.15) is 17.3 Å². The molecule has 2 N–H and O–H groups in total. The lowest BCUT2D eigenvalue weighted by Gasteiger charge is -2.13. The van der Waals surface area contributed by atoms with Gasteiger partial charge in [0.25, 0.3) is 0 Å². The third-order valence-corrected chi connectivity index (χ3v) is 4.23. The first kappa shape index (κ1) is 20.1. The first-order chi connectivity index (χ1) is 14.2. The Morgan fingerprint density at radius 1 is 0.793 bits per heavy atom. The Morgan fingerprint density at radius 2 is 1.55 bits per heavy atom. The van der Waals surface area contributed by atoms with Crippen molar-refractivity contribution in [3.8, 4) is 23.0 Å². The van der Waals surface area contributed by atoms with E-state index in [2.05, 4.69) is 20.6 Å². The van der Waals surface area contributed by atoms with Crippen molar-refractivity contribution in [2.75, 3.05) is 39.1 Å². The smallest absolute Gasteiger partial charge is 0.229 e. The molecule has 152 valence electrons. The van der Waals surface area contributed by atoms with Crippen LogP contribution in [-0.2, 0) is 6.54 Å². The number of nitrogens with zero attached hydrogens (tertiary/aromatic N) is 2. The van der Waals surface area contributed by atoms with Crippen molar-refractivity contribution in [1.29, 1.82) is 0 Å². The molecule has 0 atom stereocenters. The number of anilines is 3. The maximum Gasteiger partial charge on any atom is 0.229 e. The Hall–Kier alpha value is -3.68. The zero-order valence-corrected chi connectivity index (χ0v) is 16.9. The Kier molecular flexibility index (Phi) is 6.57. The number of methoxy groups -OCH3 is 4. The van der Waals surface area contributed by atoms with E-state index in [0.717, 1.165) is 5.56 Å². The summed E-state index contributed by atoms with van der Waals surface area (Å²) in [6.45, 7) is 0.569. The van der Waals surface area contributed by atoms with Crippen molar-refractivity contribution in [2.24, 2.45) is 0 Å². The average Bonchev–Trinajstić information content (AvgIpc) is 2.77. The lowest BCUT2D eigenvalue weighted by atomic mass is 10.2. The monoisotopic (exact) mass is 396 g/mol. The summed E-state index contributed by atoms with van der Waals surface area (Å²) in [6.07, 6.45) is 1.68. The fraction of sp³-hybridized carbons (Fsp3) is 0.238. The lowest BCUT2D eigenvalue weighted by molar-refractivity contribution is 0.354. The van der Waals surface area contributed by atoms with Gasteiger partial charge in [0, 0.05) is 18.8 Å². The van der Waals surface area contributed by atoms with E-state index in [1.807, 2.05) is 36.4 Å². The molecule has 3 aromatic rings. The number of benzene rings is 2. The molecular weight excluding hydrogens is 372 g/mol. The van der Waals surface area contributed by atoms with Crippen molar-refractivity contribution in [3.05, 3.63) is 54.2 Å². The van der Waals surface area contributed by atoms with Gasteiger partial charge >= 0.3 is 0 Å². The van der Waals surface area contributed by atoms with E-state index >= 15 is 0 Å². The normalized spacial score (nSPS) is 10.2. The van der Waals surface area contributed by atoms with E-state index in [9.17, 15) is 0 Å². The van der Waals surface area contributed by atoms with E-state index in [0.29, 0.717) is 47.0 Å². The quantitative estimate of drug-likeness (QED) is 0.564. The fourth-order valence-corrected chi connectivity index (χ4v) is 2.73. The second-order valence-corrected chi connectivity index (χ2v) is 6.00. The number of nitrogens with one attached hydrogen (secondary N) is 2. The van der Waals surface area contributed by atoms with Crippen LogP contribution < -0.4 is 29.6 Å². The van der Waals surface area contributed by atoms with E-state index < -0.39 is 0 Å². The van der Waals surface area contributed by atoms with E-state index in [1.54, 1.807) is 40.7 Å². The third kappa shape index (κ3) is 4.98. The molecule has 0 radical (unpaired) electrons. The second kappa shape index (κ2) is 9.50. The molecule has 8 nitrogen and oxygen atoms in total. The van der Waals surface area contributed by atoms with Crippen LogP contribution >= 0.6 is 0 Å². The SMILES string of the molecule is COc1ccc(OC)c(Nc2nccc(NCc3ccc(OC)c(OC)c3)n2)c1. The zero-order chi connectivity index (χ0) is 20.6. The number of aromatic nitrogens is 2. The van der Waals surface area contributed by atoms with Crippen molar-refractivity contribution >= 4 is 17.5 Å². The molecule has 0 bridgehead atoms. The number of hydrogen-bond acceptors (Lipinski definition) is 8. The first-order valence-electron chi connectivity index (χ1n) is 8.93. The largest absolute Gasteiger partial charge is 0.497 e. The Labute approximate surface area is 169 Å². The maximum atomic E-state index is 5.38. The second-order valence-electron chi connectivity index (χ2n) is 6.00. The Bertz CT molecular complexity index is 965. The molecule has 0 spiro atoms. The van der Waals surface area contributed by atoms with E-state index in [-0.39, 0.29) is 0 Å². The maximum absolute atomic E-state index is 5.38. The predicted octanol–water partition coefficient (Wildman–Crippen LogP) is 3.87. The summed E-state index contributed by atoms with van der Waals surface area (Å²) in [4.78, 5) is 8.78. The van der Waals surface area contributed by atoms with Gasteiger partial charge in [0.2, 0.25) is 5.95 Å². The van der Waals surface area contributed by atoms with Crippen LogP contribution in [0.25, 0.3) is 0 Å². The molecule has 0 amide bonds. The van der Waals surface area contributed by atoms with Crippen molar-refractivity contribution in [3.63, 3.8) is 0 Å². The van der Waals surface area contributed by atoms with E-state index in [4.69, 9.17) is 18.9 Å². The minimum Gasteiger partial charge on any atom is -0.497 e. The molecular formula is C21H24N4O4. The van der Waals surface area contributed by atoms with Gasteiger partial charge in [-0.2, -0.15) is 4.98 Å². The van der Waals surface area contributed by atoms with Crippen molar-refractivity contribution in [1.82, 2.24) is 9.97 Å². The van der Waals surface area contributed by atoms with Crippen LogP contribution in [0.15, 0.2) is 48.7 Å². The highest BCUT2D eigenvalue weighted by Gasteiger charge is 2.08. The molecule has 1 heterocycles. The van der Waals surface area contributed by atoms with Crippen LogP contribution in [0.3, 0.4) is 0 Å². The summed E-state index contributed by atoms with van der Waals surface area (Å²) in [6, 6.07) is 13.0. The van der Waals surface area contributed by atoms with Gasteiger partial charge in [-0.25, -0.2) is 4.98 Å². The van der Waals surface area contributed by atoms with Crippen LogP contribution in [0.1, 0.15) is 5.56 Å². The summed E-state index contributed by atoms with van der Waals surface area (Å²) in [5.74, 6) is 3.86. The molecule has 0 aliphatic carbocycles. The van der Waals surface area contributed by atoms with E-state index in [1.165, 1.54) is 0 Å². The highest BCUT2D eigenvalue weighted by Crippen LogP contribution is 2.31. The van der Waals surface area contributed by atoms with Crippen molar-refractivity contribution < 1.29 is 18.9 Å².